The first kappa shape index (κ1) is 20.3. The van der Waals surface area contributed by atoms with Crippen LogP contribution in [0.2, 0.25) is 0 Å². The predicted octanol–water partition coefficient (Wildman–Crippen LogP) is 4.24. The van der Waals surface area contributed by atoms with Gasteiger partial charge in [-0.05, 0) is 42.3 Å². The Morgan fingerprint density at radius 1 is 1.07 bits per heavy atom. The fourth-order valence-electron chi connectivity index (χ4n) is 2.36. The summed E-state index contributed by atoms with van der Waals surface area (Å²) in [7, 11) is 0. The Morgan fingerprint density at radius 2 is 1.81 bits per heavy atom. The average molecular weight is 380 g/mol. The molecule has 0 fully saturated rings. The quantitative estimate of drug-likeness (QED) is 0.788. The van der Waals surface area contributed by atoms with Gasteiger partial charge in [0.2, 0.25) is 5.91 Å². The third kappa shape index (κ3) is 6.02. The summed E-state index contributed by atoms with van der Waals surface area (Å²) in [5.74, 6) is -0.765. The molecule has 0 atom stereocenters. The van der Waals surface area contributed by atoms with Crippen LogP contribution in [0.1, 0.15) is 25.0 Å². The highest BCUT2D eigenvalue weighted by molar-refractivity contribution is 5.94. The molecule has 0 saturated heterocycles. The van der Waals surface area contributed by atoms with Gasteiger partial charge in [-0.2, -0.15) is 13.2 Å². The molecule has 0 aliphatic carbocycles. The van der Waals surface area contributed by atoms with Crippen LogP contribution in [-0.4, -0.2) is 18.4 Å². The van der Waals surface area contributed by atoms with Gasteiger partial charge in [0.25, 0.3) is 5.91 Å². The van der Waals surface area contributed by atoms with Crippen molar-refractivity contribution in [3.05, 3.63) is 53.6 Å². The molecule has 144 valence electrons. The molecule has 2 aromatic rings. The van der Waals surface area contributed by atoms with E-state index in [9.17, 15) is 22.8 Å². The van der Waals surface area contributed by atoms with E-state index in [-0.39, 0.29) is 5.69 Å². The van der Waals surface area contributed by atoms with Crippen molar-refractivity contribution in [2.45, 2.75) is 26.4 Å². The van der Waals surface area contributed by atoms with Gasteiger partial charge in [0.1, 0.15) is 5.75 Å². The number of anilines is 2. The number of ether oxygens (including phenoxy) is 1. The minimum Gasteiger partial charge on any atom is -0.484 e. The molecular weight excluding hydrogens is 361 g/mol. The lowest BCUT2D eigenvalue weighted by molar-refractivity contribution is -0.137. The Bertz CT molecular complexity index is 835. The van der Waals surface area contributed by atoms with Gasteiger partial charge in [-0.3, -0.25) is 9.59 Å². The van der Waals surface area contributed by atoms with E-state index in [1.165, 1.54) is 13.0 Å². The van der Waals surface area contributed by atoms with Crippen LogP contribution in [0.4, 0.5) is 24.5 Å². The number of halogens is 3. The van der Waals surface area contributed by atoms with Crippen molar-refractivity contribution in [3.63, 3.8) is 0 Å². The first-order valence-electron chi connectivity index (χ1n) is 8.19. The van der Waals surface area contributed by atoms with Gasteiger partial charge in [-0.1, -0.05) is 19.1 Å². The highest BCUT2D eigenvalue weighted by atomic mass is 19.4. The number of nitrogens with one attached hydrogen (secondary N) is 2. The predicted molar refractivity (Wildman–Crippen MR) is 95.7 cm³/mol. The second kappa shape index (κ2) is 8.57. The van der Waals surface area contributed by atoms with Gasteiger partial charge in [0.15, 0.2) is 6.61 Å². The number of carbonyl (C=O) groups is 2. The van der Waals surface area contributed by atoms with Crippen molar-refractivity contribution < 1.29 is 27.5 Å². The summed E-state index contributed by atoms with van der Waals surface area (Å²) >= 11 is 0. The van der Waals surface area contributed by atoms with E-state index in [0.29, 0.717) is 5.75 Å². The molecule has 2 N–H and O–H groups in total. The second-order valence-corrected chi connectivity index (χ2v) is 5.78. The highest BCUT2D eigenvalue weighted by Gasteiger charge is 2.34. The monoisotopic (exact) mass is 380 g/mol. The Kier molecular flexibility index (Phi) is 6.44. The van der Waals surface area contributed by atoms with Crippen LogP contribution in [-0.2, 0) is 22.2 Å². The molecule has 0 aromatic heterocycles. The summed E-state index contributed by atoms with van der Waals surface area (Å²) < 4.78 is 45.1. The van der Waals surface area contributed by atoms with Crippen molar-refractivity contribution in [3.8, 4) is 5.75 Å². The number of amides is 2. The number of aryl methyl sites for hydroxylation is 1. The third-order valence-electron chi connectivity index (χ3n) is 3.60. The topological polar surface area (TPSA) is 67.4 Å². The average Bonchev–Trinajstić information content (AvgIpc) is 2.60. The van der Waals surface area contributed by atoms with Crippen LogP contribution in [0, 0.1) is 0 Å². The summed E-state index contributed by atoms with van der Waals surface area (Å²) in [5, 5.41) is 4.48. The van der Waals surface area contributed by atoms with Crippen LogP contribution < -0.4 is 15.4 Å². The van der Waals surface area contributed by atoms with Crippen LogP contribution >= 0.6 is 0 Å². The molecule has 0 radical (unpaired) electrons. The SMILES string of the molecule is CCc1cccc(OCC(=O)Nc2ccc(NC(C)=O)cc2C(F)(F)F)c1. The van der Waals surface area contributed by atoms with Crippen LogP contribution in [0.25, 0.3) is 0 Å². The zero-order valence-electron chi connectivity index (χ0n) is 14.8. The van der Waals surface area contributed by atoms with Gasteiger partial charge < -0.3 is 15.4 Å². The largest absolute Gasteiger partial charge is 0.484 e. The van der Waals surface area contributed by atoms with Gasteiger partial charge in [-0.25, -0.2) is 0 Å². The van der Waals surface area contributed by atoms with Crippen molar-refractivity contribution in [1.29, 1.82) is 0 Å². The molecular formula is C19H19F3N2O3. The van der Waals surface area contributed by atoms with Gasteiger partial charge in [0, 0.05) is 12.6 Å². The maximum atomic E-state index is 13.3. The van der Waals surface area contributed by atoms with E-state index in [0.717, 1.165) is 24.1 Å². The molecule has 2 amide bonds. The normalized spacial score (nSPS) is 11.0. The van der Waals surface area contributed by atoms with Crippen molar-refractivity contribution >= 4 is 23.2 Å². The third-order valence-corrected chi connectivity index (χ3v) is 3.60. The second-order valence-electron chi connectivity index (χ2n) is 5.78. The molecule has 5 nitrogen and oxygen atoms in total. The number of benzene rings is 2. The summed E-state index contributed by atoms with van der Waals surface area (Å²) in [6.07, 6.45) is -3.91. The van der Waals surface area contributed by atoms with E-state index in [1.807, 2.05) is 13.0 Å². The van der Waals surface area contributed by atoms with Crippen LogP contribution in [0.15, 0.2) is 42.5 Å². The zero-order valence-corrected chi connectivity index (χ0v) is 14.8. The number of alkyl halides is 3. The zero-order chi connectivity index (χ0) is 20.0. The van der Waals surface area contributed by atoms with E-state index >= 15 is 0 Å². The first-order valence-corrected chi connectivity index (χ1v) is 8.19. The van der Waals surface area contributed by atoms with Gasteiger partial charge >= 0.3 is 6.18 Å². The molecule has 8 heteroatoms. The summed E-state index contributed by atoms with van der Waals surface area (Å²) in [4.78, 5) is 23.0. The highest BCUT2D eigenvalue weighted by Crippen LogP contribution is 2.36. The molecule has 0 spiro atoms. The van der Waals surface area contributed by atoms with Crippen LogP contribution in [0.5, 0.6) is 5.75 Å². The molecule has 0 bridgehead atoms. The van der Waals surface area contributed by atoms with Gasteiger partial charge in [0.05, 0.1) is 11.3 Å². The Morgan fingerprint density at radius 3 is 2.44 bits per heavy atom. The Labute approximate surface area is 154 Å². The molecule has 0 heterocycles. The van der Waals surface area contributed by atoms with Crippen molar-refractivity contribution in [2.75, 3.05) is 17.2 Å². The van der Waals surface area contributed by atoms with E-state index in [2.05, 4.69) is 10.6 Å². The molecule has 2 rings (SSSR count). The lowest BCUT2D eigenvalue weighted by atomic mass is 10.1. The fraction of sp³-hybridized carbons (Fsp3) is 0.263. The molecule has 2 aromatic carbocycles. The first-order chi connectivity index (χ1) is 12.7. The van der Waals surface area contributed by atoms with Crippen molar-refractivity contribution in [1.82, 2.24) is 0 Å². The van der Waals surface area contributed by atoms with Crippen molar-refractivity contribution in [2.24, 2.45) is 0 Å². The summed E-state index contributed by atoms with van der Waals surface area (Å²) in [6, 6.07) is 10.2. The van der Waals surface area contributed by atoms with Crippen LogP contribution in [0.3, 0.4) is 0 Å². The fourth-order valence-corrected chi connectivity index (χ4v) is 2.36. The minimum atomic E-state index is -4.70. The number of rotatable bonds is 6. The smallest absolute Gasteiger partial charge is 0.418 e. The standard InChI is InChI=1S/C19H19F3N2O3/c1-3-13-5-4-6-15(9-13)27-11-18(26)24-17-8-7-14(23-12(2)25)10-16(17)19(20,21)22/h4-10H,3,11H2,1-2H3,(H,23,25)(H,24,26). The lowest BCUT2D eigenvalue weighted by Crippen LogP contribution is -2.22. The van der Waals surface area contributed by atoms with E-state index in [1.54, 1.807) is 18.2 Å². The molecule has 27 heavy (non-hydrogen) atoms. The molecule has 0 aliphatic rings. The van der Waals surface area contributed by atoms with E-state index < -0.39 is 35.8 Å². The summed E-state index contributed by atoms with van der Waals surface area (Å²) in [6.45, 7) is 2.72. The minimum absolute atomic E-state index is 0.0135. The summed E-state index contributed by atoms with van der Waals surface area (Å²) in [5.41, 5.74) is -0.469. The Hall–Kier alpha value is -3.03. The van der Waals surface area contributed by atoms with Gasteiger partial charge in [-0.15, -0.1) is 0 Å². The maximum Gasteiger partial charge on any atom is 0.418 e. The lowest BCUT2D eigenvalue weighted by Gasteiger charge is -2.16. The number of hydrogen-bond donors (Lipinski definition) is 2. The molecule has 0 aliphatic heterocycles. The number of carbonyl (C=O) groups excluding carboxylic acids is 2. The Balaban J connectivity index is 2.10. The molecule has 0 unspecified atom stereocenters. The van der Waals surface area contributed by atoms with E-state index in [4.69, 9.17) is 4.74 Å². The maximum absolute atomic E-state index is 13.3. The molecule has 0 saturated carbocycles. The number of hydrogen-bond acceptors (Lipinski definition) is 3.